The number of amidine groups is 1. The lowest BCUT2D eigenvalue weighted by Crippen LogP contribution is -2.21. The van der Waals surface area contributed by atoms with Crippen LogP contribution in [0.25, 0.3) is 11.1 Å². The second-order valence-corrected chi connectivity index (χ2v) is 10.6. The zero-order valence-electron chi connectivity index (χ0n) is 17.6. The lowest BCUT2D eigenvalue weighted by Gasteiger charge is -2.07. The molecule has 0 spiro atoms. The number of carbonyl (C=O) groups is 1. The SMILES string of the molecule is CSc1sc(C(=N)N)cc1S(=O)(=O)c1cccc(-c2cccc([N+](=O)[O-])c2)c1.O=C(O)C(F)(F)F. The molecule has 3 rings (SSSR count). The van der Waals surface area contributed by atoms with Crippen molar-refractivity contribution in [2.75, 3.05) is 6.26 Å². The molecule has 15 heteroatoms. The summed E-state index contributed by atoms with van der Waals surface area (Å²) < 4.78 is 58.6. The molecule has 0 radical (unpaired) electrons. The minimum Gasteiger partial charge on any atom is -0.475 e. The maximum atomic E-state index is 13.2. The highest BCUT2D eigenvalue weighted by molar-refractivity contribution is 8.01. The molecule has 0 bridgehead atoms. The van der Waals surface area contributed by atoms with Gasteiger partial charge in [-0.3, -0.25) is 15.5 Å². The Labute approximate surface area is 205 Å². The van der Waals surface area contributed by atoms with E-state index in [9.17, 15) is 31.7 Å². The summed E-state index contributed by atoms with van der Waals surface area (Å²) >= 11 is 2.43. The Morgan fingerprint density at radius 2 is 1.69 bits per heavy atom. The first-order valence-electron chi connectivity index (χ1n) is 9.10. The number of nitrogens with two attached hydrogens (primary N) is 1. The standard InChI is InChI=1S/C18H15N3O4S3.C2HF3O2/c1-26-18-16(10-15(27-18)17(19)20)28(24,25)14-7-3-5-12(9-14)11-4-2-6-13(8-11)21(22)23;3-2(4,5)1(6)7/h2-10H,1H3,(H3,19,20);(H,6,7). The molecule has 186 valence electrons. The van der Waals surface area contributed by atoms with Gasteiger partial charge < -0.3 is 10.8 Å². The number of thioether (sulfide) groups is 1. The maximum absolute atomic E-state index is 13.2. The van der Waals surface area contributed by atoms with E-state index >= 15 is 0 Å². The Balaban J connectivity index is 0.000000540. The van der Waals surface area contributed by atoms with Crippen LogP contribution in [0.3, 0.4) is 0 Å². The van der Waals surface area contributed by atoms with E-state index in [0.717, 1.165) is 11.3 Å². The molecule has 0 unspecified atom stereocenters. The number of nitrogens with zero attached hydrogens (tertiary/aromatic N) is 1. The number of nitro groups is 1. The van der Waals surface area contributed by atoms with E-state index in [1.165, 1.54) is 42.1 Å². The van der Waals surface area contributed by atoms with Crippen molar-refractivity contribution in [3.05, 3.63) is 69.6 Å². The van der Waals surface area contributed by atoms with Crippen molar-refractivity contribution in [3.63, 3.8) is 0 Å². The summed E-state index contributed by atoms with van der Waals surface area (Å²) in [7, 11) is -3.85. The van der Waals surface area contributed by atoms with Gasteiger partial charge in [0.1, 0.15) is 5.84 Å². The Bertz CT molecular complexity index is 1390. The predicted octanol–water partition coefficient (Wildman–Crippen LogP) is 4.80. The molecule has 2 aromatic carbocycles. The number of halogens is 3. The van der Waals surface area contributed by atoms with Gasteiger partial charge in [-0.2, -0.15) is 13.2 Å². The smallest absolute Gasteiger partial charge is 0.475 e. The average molecular weight is 548 g/mol. The summed E-state index contributed by atoms with van der Waals surface area (Å²) in [6.07, 6.45) is -3.33. The van der Waals surface area contributed by atoms with Crippen LogP contribution in [-0.4, -0.2) is 42.7 Å². The van der Waals surface area contributed by atoms with Crippen LogP contribution in [0.15, 0.2) is 68.6 Å². The van der Waals surface area contributed by atoms with Crippen LogP contribution >= 0.6 is 23.1 Å². The number of nitrogen functional groups attached to an aromatic ring is 1. The minimum atomic E-state index is -5.08. The summed E-state index contributed by atoms with van der Waals surface area (Å²) in [6, 6.07) is 13.7. The molecule has 3 aromatic rings. The molecule has 9 nitrogen and oxygen atoms in total. The number of hydrogen-bond donors (Lipinski definition) is 3. The predicted molar refractivity (Wildman–Crippen MR) is 125 cm³/mol. The van der Waals surface area contributed by atoms with Crippen molar-refractivity contribution < 1.29 is 36.4 Å². The van der Waals surface area contributed by atoms with Gasteiger partial charge in [-0.1, -0.05) is 24.3 Å². The van der Waals surface area contributed by atoms with Gasteiger partial charge in [0.15, 0.2) is 0 Å². The minimum absolute atomic E-state index is 0.0692. The van der Waals surface area contributed by atoms with Gasteiger partial charge in [0.2, 0.25) is 9.84 Å². The lowest BCUT2D eigenvalue weighted by molar-refractivity contribution is -0.384. The van der Waals surface area contributed by atoms with E-state index in [0.29, 0.717) is 20.2 Å². The molecule has 0 aliphatic heterocycles. The largest absolute Gasteiger partial charge is 0.490 e. The quantitative estimate of drug-likeness (QED) is 0.130. The van der Waals surface area contributed by atoms with E-state index in [-0.39, 0.29) is 21.3 Å². The number of nitrogens with one attached hydrogen (secondary N) is 1. The summed E-state index contributed by atoms with van der Waals surface area (Å²) in [4.78, 5) is 20.0. The Morgan fingerprint density at radius 1 is 1.14 bits per heavy atom. The van der Waals surface area contributed by atoms with Crippen molar-refractivity contribution in [2.45, 2.75) is 20.2 Å². The summed E-state index contributed by atoms with van der Waals surface area (Å²) in [6.45, 7) is 0. The normalized spacial score (nSPS) is 11.3. The monoisotopic (exact) mass is 547 g/mol. The van der Waals surface area contributed by atoms with Crippen molar-refractivity contribution in [1.82, 2.24) is 0 Å². The fourth-order valence-corrected chi connectivity index (χ4v) is 6.49. The molecular formula is C20H16F3N3O6S3. The van der Waals surface area contributed by atoms with Gasteiger partial charge in [-0.15, -0.1) is 23.1 Å². The second-order valence-electron chi connectivity index (χ2n) is 6.52. The van der Waals surface area contributed by atoms with Crippen molar-refractivity contribution in [2.24, 2.45) is 5.73 Å². The molecule has 35 heavy (non-hydrogen) atoms. The highest BCUT2D eigenvalue weighted by atomic mass is 32.2. The van der Waals surface area contributed by atoms with Crippen molar-refractivity contribution >= 4 is 50.4 Å². The number of nitro benzene ring substituents is 1. The summed E-state index contributed by atoms with van der Waals surface area (Å²) in [5.41, 5.74) is 6.54. The van der Waals surface area contributed by atoms with Crippen LogP contribution in [0.2, 0.25) is 0 Å². The van der Waals surface area contributed by atoms with Crippen molar-refractivity contribution in [3.8, 4) is 11.1 Å². The number of alkyl halides is 3. The highest BCUT2D eigenvalue weighted by Gasteiger charge is 2.38. The zero-order valence-corrected chi connectivity index (χ0v) is 20.0. The maximum Gasteiger partial charge on any atom is 0.490 e. The second kappa shape index (κ2) is 10.9. The van der Waals surface area contributed by atoms with Crippen molar-refractivity contribution in [1.29, 1.82) is 5.41 Å². The van der Waals surface area contributed by atoms with Gasteiger partial charge in [0.05, 0.1) is 23.8 Å². The molecule has 0 saturated carbocycles. The number of hydrogen-bond acceptors (Lipinski definition) is 8. The molecule has 0 saturated heterocycles. The number of carboxylic acid groups (broad SMARTS) is 1. The molecule has 4 N–H and O–H groups in total. The third kappa shape index (κ3) is 6.80. The van der Waals surface area contributed by atoms with Gasteiger partial charge in [0, 0.05) is 12.1 Å². The van der Waals surface area contributed by atoms with E-state index in [2.05, 4.69) is 0 Å². The Hall–Kier alpha value is -3.43. The number of thiophene rings is 1. The molecule has 0 aliphatic carbocycles. The van der Waals surface area contributed by atoms with Gasteiger partial charge in [-0.25, -0.2) is 13.2 Å². The van der Waals surface area contributed by atoms with Crippen LogP contribution in [0.1, 0.15) is 4.88 Å². The van der Waals surface area contributed by atoms with Gasteiger partial charge >= 0.3 is 12.1 Å². The topological polar surface area (TPSA) is 164 Å². The van der Waals surface area contributed by atoms with Crippen LogP contribution in [0.5, 0.6) is 0 Å². The number of carboxylic acids is 1. The third-order valence-corrected chi connectivity index (χ3v) is 8.52. The van der Waals surface area contributed by atoms with Crippen LogP contribution in [0.4, 0.5) is 18.9 Å². The number of rotatable bonds is 6. The van der Waals surface area contributed by atoms with E-state index in [4.69, 9.17) is 21.0 Å². The first kappa shape index (κ1) is 27.8. The number of non-ortho nitro benzene ring substituents is 1. The molecular weight excluding hydrogens is 531 g/mol. The molecule has 0 aliphatic rings. The first-order chi connectivity index (χ1) is 16.2. The van der Waals surface area contributed by atoms with E-state index in [1.54, 1.807) is 30.5 Å². The number of aliphatic carboxylic acids is 1. The zero-order chi connectivity index (χ0) is 26.6. The van der Waals surface area contributed by atoms with Gasteiger partial charge in [-0.05, 0) is 35.6 Å². The Morgan fingerprint density at radius 3 is 2.17 bits per heavy atom. The fourth-order valence-electron chi connectivity index (χ4n) is 2.59. The van der Waals surface area contributed by atoms with Crippen LogP contribution in [-0.2, 0) is 14.6 Å². The highest BCUT2D eigenvalue weighted by Crippen LogP contribution is 2.37. The number of sulfone groups is 1. The van der Waals surface area contributed by atoms with Crippen LogP contribution in [0, 0.1) is 15.5 Å². The lowest BCUT2D eigenvalue weighted by atomic mass is 10.1. The molecule has 1 heterocycles. The molecule has 1 aromatic heterocycles. The Kier molecular flexibility index (Phi) is 8.64. The fraction of sp³-hybridized carbons (Fsp3) is 0.100. The average Bonchev–Trinajstić information content (AvgIpc) is 3.25. The van der Waals surface area contributed by atoms with E-state index in [1.807, 2.05) is 0 Å². The van der Waals surface area contributed by atoms with Gasteiger partial charge in [0.25, 0.3) is 5.69 Å². The van der Waals surface area contributed by atoms with Crippen LogP contribution < -0.4 is 5.73 Å². The summed E-state index contributed by atoms with van der Waals surface area (Å²) in [5, 5.41) is 25.7. The third-order valence-electron chi connectivity index (χ3n) is 4.18. The first-order valence-corrected chi connectivity index (χ1v) is 12.6. The van der Waals surface area contributed by atoms with E-state index < -0.39 is 26.9 Å². The molecule has 0 fully saturated rings. The molecule has 0 atom stereocenters. The number of benzene rings is 2. The molecule has 0 amide bonds. The summed E-state index contributed by atoms with van der Waals surface area (Å²) in [5.74, 6) is -2.94.